The van der Waals surface area contributed by atoms with E-state index in [2.05, 4.69) is 0 Å². The largest absolute Gasteiger partial charge is 0.478 e. The molecule has 0 aliphatic carbocycles. The number of hydrogen-bond acceptors (Lipinski definition) is 2. The van der Waals surface area contributed by atoms with Crippen molar-refractivity contribution in [1.29, 1.82) is 0 Å². The van der Waals surface area contributed by atoms with E-state index in [1.54, 1.807) is 12.1 Å². The molecular formula is C14H10F2O3S. The standard InChI is InChI=1S/C14H10F2O3S/c15-12-5-4-11(7-13(12)16)20(19)8-9-2-1-3-10(6-9)14(17)18/h1-7H,8H2,(H,17,18). The molecule has 2 aromatic carbocycles. The summed E-state index contributed by atoms with van der Waals surface area (Å²) in [7, 11) is -1.57. The lowest BCUT2D eigenvalue weighted by Gasteiger charge is -2.04. The van der Waals surface area contributed by atoms with Crippen molar-refractivity contribution in [3.05, 3.63) is 65.2 Å². The lowest BCUT2D eigenvalue weighted by molar-refractivity contribution is 0.0696. The van der Waals surface area contributed by atoms with Crippen molar-refractivity contribution in [2.75, 3.05) is 0 Å². The minimum Gasteiger partial charge on any atom is -0.478 e. The summed E-state index contributed by atoms with van der Waals surface area (Å²) >= 11 is 0. The van der Waals surface area contributed by atoms with Gasteiger partial charge in [-0.3, -0.25) is 4.21 Å². The van der Waals surface area contributed by atoms with E-state index in [-0.39, 0.29) is 16.2 Å². The van der Waals surface area contributed by atoms with Crippen LogP contribution in [0, 0.1) is 11.6 Å². The van der Waals surface area contributed by atoms with Gasteiger partial charge in [0.2, 0.25) is 0 Å². The van der Waals surface area contributed by atoms with Crippen LogP contribution in [-0.2, 0) is 16.6 Å². The van der Waals surface area contributed by atoms with Crippen LogP contribution >= 0.6 is 0 Å². The molecule has 0 saturated heterocycles. The van der Waals surface area contributed by atoms with Crippen molar-refractivity contribution in [3.8, 4) is 0 Å². The van der Waals surface area contributed by atoms with Crippen molar-refractivity contribution >= 4 is 16.8 Å². The summed E-state index contributed by atoms with van der Waals surface area (Å²) in [6, 6.07) is 9.04. The summed E-state index contributed by atoms with van der Waals surface area (Å²) < 4.78 is 37.9. The highest BCUT2D eigenvalue weighted by Crippen LogP contribution is 2.16. The van der Waals surface area contributed by atoms with Gasteiger partial charge in [-0.15, -0.1) is 0 Å². The lowest BCUT2D eigenvalue weighted by Crippen LogP contribution is -2.01. The molecule has 0 spiro atoms. The van der Waals surface area contributed by atoms with E-state index in [1.165, 1.54) is 18.2 Å². The Morgan fingerprint density at radius 3 is 2.50 bits per heavy atom. The molecular weight excluding hydrogens is 286 g/mol. The average Bonchev–Trinajstić information content (AvgIpc) is 2.42. The monoisotopic (exact) mass is 296 g/mol. The average molecular weight is 296 g/mol. The van der Waals surface area contributed by atoms with Crippen LogP contribution in [0.2, 0.25) is 0 Å². The number of benzene rings is 2. The molecule has 0 heterocycles. The van der Waals surface area contributed by atoms with Crippen molar-refractivity contribution in [2.24, 2.45) is 0 Å². The summed E-state index contributed by atoms with van der Waals surface area (Å²) in [6.45, 7) is 0. The minimum atomic E-state index is -1.57. The Kier molecular flexibility index (Phi) is 4.24. The molecule has 1 N–H and O–H groups in total. The van der Waals surface area contributed by atoms with Gasteiger partial charge in [-0.2, -0.15) is 0 Å². The van der Waals surface area contributed by atoms with Crippen LogP contribution in [0.25, 0.3) is 0 Å². The van der Waals surface area contributed by atoms with Gasteiger partial charge in [-0.25, -0.2) is 13.6 Å². The highest BCUT2D eigenvalue weighted by atomic mass is 32.2. The smallest absolute Gasteiger partial charge is 0.335 e. The molecule has 1 atom stereocenters. The molecule has 1 unspecified atom stereocenters. The number of halogens is 2. The van der Waals surface area contributed by atoms with Gasteiger partial charge in [0.25, 0.3) is 0 Å². The molecule has 0 radical (unpaired) electrons. The molecule has 104 valence electrons. The van der Waals surface area contributed by atoms with E-state index in [0.717, 1.165) is 12.1 Å². The normalized spacial score (nSPS) is 12.1. The highest BCUT2D eigenvalue weighted by molar-refractivity contribution is 7.84. The fourth-order valence-corrected chi connectivity index (χ4v) is 2.75. The molecule has 0 amide bonds. The van der Waals surface area contributed by atoms with Gasteiger partial charge in [0.05, 0.1) is 22.1 Å². The van der Waals surface area contributed by atoms with Crippen LogP contribution in [0.15, 0.2) is 47.4 Å². The third-order valence-electron chi connectivity index (χ3n) is 2.63. The van der Waals surface area contributed by atoms with Crippen molar-refractivity contribution in [2.45, 2.75) is 10.6 Å². The predicted molar refractivity (Wildman–Crippen MR) is 69.9 cm³/mol. The first-order valence-electron chi connectivity index (χ1n) is 5.63. The van der Waals surface area contributed by atoms with E-state index >= 15 is 0 Å². The first kappa shape index (κ1) is 14.3. The predicted octanol–water partition coefficient (Wildman–Crippen LogP) is 2.97. The molecule has 0 saturated carbocycles. The van der Waals surface area contributed by atoms with Crippen molar-refractivity contribution in [3.63, 3.8) is 0 Å². The molecule has 6 heteroatoms. The second-order valence-electron chi connectivity index (χ2n) is 4.07. The summed E-state index contributed by atoms with van der Waals surface area (Å²) in [6.07, 6.45) is 0. The van der Waals surface area contributed by atoms with Crippen molar-refractivity contribution < 1.29 is 22.9 Å². The maximum absolute atomic E-state index is 13.1. The molecule has 0 aromatic heterocycles. The molecule has 0 bridgehead atoms. The maximum atomic E-state index is 13.1. The van der Waals surface area contributed by atoms with E-state index in [1.807, 2.05) is 0 Å². The molecule has 20 heavy (non-hydrogen) atoms. The minimum absolute atomic E-state index is 0.0339. The number of carboxylic acids is 1. The van der Waals surface area contributed by atoms with Crippen LogP contribution < -0.4 is 0 Å². The van der Waals surface area contributed by atoms with Gasteiger partial charge in [0, 0.05) is 4.90 Å². The van der Waals surface area contributed by atoms with Gasteiger partial charge in [0.1, 0.15) is 0 Å². The van der Waals surface area contributed by atoms with E-state index in [9.17, 15) is 17.8 Å². The summed E-state index contributed by atoms with van der Waals surface area (Å²) in [4.78, 5) is 11.0. The summed E-state index contributed by atoms with van der Waals surface area (Å²) in [5, 5.41) is 8.86. The Labute approximate surface area is 116 Å². The maximum Gasteiger partial charge on any atom is 0.335 e. The zero-order valence-electron chi connectivity index (χ0n) is 10.2. The van der Waals surface area contributed by atoms with Crippen LogP contribution in [0.1, 0.15) is 15.9 Å². The van der Waals surface area contributed by atoms with Gasteiger partial charge in [-0.05, 0) is 35.9 Å². The third-order valence-corrected chi connectivity index (χ3v) is 4.00. The van der Waals surface area contributed by atoms with E-state index in [4.69, 9.17) is 5.11 Å². The lowest BCUT2D eigenvalue weighted by atomic mass is 10.1. The third kappa shape index (κ3) is 3.27. The number of rotatable bonds is 4. The second-order valence-corrected chi connectivity index (χ2v) is 5.52. The van der Waals surface area contributed by atoms with Gasteiger partial charge < -0.3 is 5.11 Å². The Bertz CT molecular complexity index is 686. The van der Waals surface area contributed by atoms with E-state index in [0.29, 0.717) is 5.56 Å². The van der Waals surface area contributed by atoms with Gasteiger partial charge in [-0.1, -0.05) is 12.1 Å². The van der Waals surface area contributed by atoms with E-state index < -0.39 is 28.4 Å². The second kappa shape index (κ2) is 5.92. The number of aromatic carboxylic acids is 1. The molecule has 3 nitrogen and oxygen atoms in total. The number of hydrogen-bond donors (Lipinski definition) is 1. The first-order valence-corrected chi connectivity index (χ1v) is 6.95. The number of carbonyl (C=O) groups is 1. The zero-order chi connectivity index (χ0) is 14.7. The quantitative estimate of drug-likeness (QED) is 0.943. The molecule has 2 aromatic rings. The zero-order valence-corrected chi connectivity index (χ0v) is 11.0. The van der Waals surface area contributed by atoms with Gasteiger partial charge in [0.15, 0.2) is 11.6 Å². The SMILES string of the molecule is O=C(O)c1cccc(CS(=O)c2ccc(F)c(F)c2)c1. The molecule has 0 aliphatic rings. The Morgan fingerprint density at radius 1 is 1.10 bits per heavy atom. The fourth-order valence-electron chi connectivity index (χ4n) is 1.65. The Hall–Kier alpha value is -2.08. The topological polar surface area (TPSA) is 54.4 Å². The van der Waals surface area contributed by atoms with Crippen LogP contribution in [0.4, 0.5) is 8.78 Å². The van der Waals surface area contributed by atoms with Crippen LogP contribution in [0.5, 0.6) is 0 Å². The van der Waals surface area contributed by atoms with Crippen molar-refractivity contribution in [1.82, 2.24) is 0 Å². The van der Waals surface area contributed by atoms with Gasteiger partial charge >= 0.3 is 5.97 Å². The molecule has 2 rings (SSSR count). The summed E-state index contributed by atoms with van der Waals surface area (Å²) in [5.41, 5.74) is 0.637. The Morgan fingerprint density at radius 2 is 1.85 bits per heavy atom. The van der Waals surface area contributed by atoms with Crippen LogP contribution in [-0.4, -0.2) is 15.3 Å². The molecule has 0 fully saturated rings. The molecule has 0 aliphatic heterocycles. The Balaban J connectivity index is 2.21. The van der Waals surface area contributed by atoms with Crippen LogP contribution in [0.3, 0.4) is 0 Å². The number of carboxylic acid groups (broad SMARTS) is 1. The summed E-state index contributed by atoms with van der Waals surface area (Å²) in [5.74, 6) is -3.11. The highest BCUT2D eigenvalue weighted by Gasteiger charge is 2.10. The first-order chi connectivity index (χ1) is 9.47. The fraction of sp³-hybridized carbons (Fsp3) is 0.0714.